The Balaban J connectivity index is 2.22. The molecule has 5 heteroatoms. The zero-order valence-corrected chi connectivity index (χ0v) is 12.2. The molecule has 1 aliphatic rings. The predicted molar refractivity (Wildman–Crippen MR) is 75.7 cm³/mol. The Morgan fingerprint density at radius 3 is 2.75 bits per heavy atom. The number of benzene rings is 1. The van der Waals surface area contributed by atoms with Crippen LogP contribution in [0.25, 0.3) is 0 Å². The molecule has 1 fully saturated rings. The number of carboxylic acid groups (broad SMARTS) is 1. The van der Waals surface area contributed by atoms with E-state index in [0.717, 1.165) is 25.9 Å². The van der Waals surface area contributed by atoms with Gasteiger partial charge in [0.15, 0.2) is 11.5 Å². The summed E-state index contributed by atoms with van der Waals surface area (Å²) in [6.07, 6.45) is 2.06. The van der Waals surface area contributed by atoms with Gasteiger partial charge in [-0.2, -0.15) is 0 Å². The van der Waals surface area contributed by atoms with E-state index in [0.29, 0.717) is 11.5 Å². The smallest absolute Gasteiger partial charge is 0.335 e. The molecule has 1 heterocycles. The summed E-state index contributed by atoms with van der Waals surface area (Å²) in [5, 5.41) is 9.00. The van der Waals surface area contributed by atoms with Crippen LogP contribution in [-0.2, 0) is 0 Å². The van der Waals surface area contributed by atoms with Crippen molar-refractivity contribution in [2.45, 2.75) is 25.4 Å². The van der Waals surface area contributed by atoms with Crippen molar-refractivity contribution in [3.63, 3.8) is 0 Å². The standard InChI is InChI=1S/C15H21NO4/c1-15(7-4-8-16(2)10-15)20-12-6-5-11(14(17)18)9-13(12)19-3/h5-6,9H,4,7-8,10H2,1-3H3,(H,17,18). The minimum absolute atomic E-state index is 0.195. The van der Waals surface area contributed by atoms with Crippen molar-refractivity contribution >= 4 is 5.97 Å². The first kappa shape index (κ1) is 14.7. The van der Waals surface area contributed by atoms with E-state index in [-0.39, 0.29) is 11.2 Å². The number of carbonyl (C=O) groups is 1. The van der Waals surface area contributed by atoms with Gasteiger partial charge in [-0.3, -0.25) is 0 Å². The van der Waals surface area contributed by atoms with E-state index in [1.807, 2.05) is 0 Å². The van der Waals surface area contributed by atoms with Gasteiger partial charge in [-0.25, -0.2) is 4.79 Å². The van der Waals surface area contributed by atoms with Crippen LogP contribution in [0.1, 0.15) is 30.1 Å². The Morgan fingerprint density at radius 1 is 1.40 bits per heavy atom. The van der Waals surface area contributed by atoms with E-state index >= 15 is 0 Å². The summed E-state index contributed by atoms with van der Waals surface area (Å²) in [4.78, 5) is 13.2. The number of piperidine rings is 1. The molecule has 1 atom stereocenters. The SMILES string of the molecule is COc1cc(C(=O)O)ccc1OC1(C)CCCN(C)C1. The summed E-state index contributed by atoms with van der Waals surface area (Å²) < 4.78 is 11.4. The first-order valence-electron chi connectivity index (χ1n) is 6.72. The first-order valence-corrected chi connectivity index (χ1v) is 6.72. The number of rotatable bonds is 4. The Hall–Kier alpha value is -1.75. The molecule has 0 bridgehead atoms. The molecule has 20 heavy (non-hydrogen) atoms. The van der Waals surface area contributed by atoms with Crippen LogP contribution in [0.5, 0.6) is 11.5 Å². The molecule has 1 unspecified atom stereocenters. The van der Waals surface area contributed by atoms with Crippen LogP contribution in [-0.4, -0.2) is 48.8 Å². The topological polar surface area (TPSA) is 59.0 Å². The lowest BCUT2D eigenvalue weighted by molar-refractivity contribution is 0.0137. The summed E-state index contributed by atoms with van der Waals surface area (Å²) in [7, 11) is 3.59. The third-order valence-electron chi connectivity index (χ3n) is 3.62. The molecule has 0 aliphatic carbocycles. The quantitative estimate of drug-likeness (QED) is 0.916. The Morgan fingerprint density at radius 2 is 2.15 bits per heavy atom. The first-order chi connectivity index (χ1) is 9.43. The molecule has 1 aromatic carbocycles. The molecule has 0 radical (unpaired) electrons. The lowest BCUT2D eigenvalue weighted by atomic mass is 9.95. The second-order valence-corrected chi connectivity index (χ2v) is 5.56. The van der Waals surface area contributed by atoms with Crippen LogP contribution in [0.2, 0.25) is 0 Å². The Bertz CT molecular complexity index is 503. The summed E-state index contributed by atoms with van der Waals surface area (Å²) in [6.45, 7) is 4.00. The van der Waals surface area contributed by atoms with E-state index in [2.05, 4.69) is 18.9 Å². The maximum Gasteiger partial charge on any atom is 0.335 e. The Kier molecular flexibility index (Phi) is 4.18. The van der Waals surface area contributed by atoms with Gasteiger partial charge >= 0.3 is 5.97 Å². The predicted octanol–water partition coefficient (Wildman–Crippen LogP) is 2.26. The van der Waals surface area contributed by atoms with Crippen LogP contribution in [0.4, 0.5) is 0 Å². The molecule has 1 aliphatic heterocycles. The number of carboxylic acids is 1. The van der Waals surface area contributed by atoms with E-state index in [9.17, 15) is 4.79 Å². The average molecular weight is 279 g/mol. The molecule has 0 amide bonds. The summed E-state index contributed by atoms with van der Waals surface area (Å²) in [5.74, 6) is 0.0770. The lowest BCUT2D eigenvalue weighted by Crippen LogP contribution is -2.48. The van der Waals surface area contributed by atoms with Crippen molar-refractivity contribution < 1.29 is 19.4 Å². The normalized spacial score (nSPS) is 23.4. The fraction of sp³-hybridized carbons (Fsp3) is 0.533. The zero-order valence-electron chi connectivity index (χ0n) is 12.2. The van der Waals surface area contributed by atoms with Gasteiger partial charge in [0.25, 0.3) is 0 Å². The van der Waals surface area contributed by atoms with Gasteiger partial charge in [-0.05, 0) is 51.6 Å². The van der Waals surface area contributed by atoms with Gasteiger partial charge in [0.2, 0.25) is 0 Å². The summed E-state index contributed by atoms with van der Waals surface area (Å²) in [5.41, 5.74) is -0.0782. The zero-order chi connectivity index (χ0) is 14.8. The van der Waals surface area contributed by atoms with Gasteiger partial charge < -0.3 is 19.5 Å². The molecule has 0 saturated carbocycles. The maximum atomic E-state index is 11.0. The van der Waals surface area contributed by atoms with Crippen LogP contribution in [0.3, 0.4) is 0 Å². The highest BCUT2D eigenvalue weighted by Gasteiger charge is 2.32. The van der Waals surface area contributed by atoms with Gasteiger partial charge in [-0.1, -0.05) is 0 Å². The molecule has 0 spiro atoms. The van der Waals surface area contributed by atoms with Crippen molar-refractivity contribution in [2.75, 3.05) is 27.2 Å². The molecule has 110 valence electrons. The van der Waals surface area contributed by atoms with Crippen molar-refractivity contribution in [3.8, 4) is 11.5 Å². The number of hydrogen-bond donors (Lipinski definition) is 1. The van der Waals surface area contributed by atoms with Crippen molar-refractivity contribution in [1.82, 2.24) is 4.90 Å². The van der Waals surface area contributed by atoms with Gasteiger partial charge in [0.1, 0.15) is 5.60 Å². The van der Waals surface area contributed by atoms with E-state index in [1.54, 1.807) is 6.07 Å². The lowest BCUT2D eigenvalue weighted by Gasteiger charge is -2.39. The number of aromatic carboxylic acids is 1. The molecule has 5 nitrogen and oxygen atoms in total. The van der Waals surface area contributed by atoms with Gasteiger partial charge in [0, 0.05) is 6.54 Å². The van der Waals surface area contributed by atoms with Gasteiger partial charge in [-0.15, -0.1) is 0 Å². The third-order valence-corrected chi connectivity index (χ3v) is 3.62. The van der Waals surface area contributed by atoms with E-state index in [4.69, 9.17) is 14.6 Å². The van der Waals surface area contributed by atoms with Crippen LogP contribution in [0, 0.1) is 0 Å². The largest absolute Gasteiger partial charge is 0.493 e. The monoisotopic (exact) mass is 279 g/mol. The number of nitrogens with zero attached hydrogens (tertiary/aromatic N) is 1. The summed E-state index contributed by atoms with van der Waals surface area (Å²) >= 11 is 0. The maximum absolute atomic E-state index is 11.0. The van der Waals surface area contributed by atoms with Crippen LogP contribution in [0.15, 0.2) is 18.2 Å². The van der Waals surface area contributed by atoms with Crippen molar-refractivity contribution in [3.05, 3.63) is 23.8 Å². The molecule has 2 rings (SSSR count). The average Bonchev–Trinajstić information content (AvgIpc) is 2.38. The number of likely N-dealkylation sites (N-methyl/N-ethyl adjacent to an activating group) is 1. The second kappa shape index (κ2) is 5.71. The molecule has 1 aromatic rings. The number of hydrogen-bond acceptors (Lipinski definition) is 4. The Labute approximate surface area is 119 Å². The number of methoxy groups -OCH3 is 1. The second-order valence-electron chi connectivity index (χ2n) is 5.56. The fourth-order valence-corrected chi connectivity index (χ4v) is 2.69. The van der Waals surface area contributed by atoms with Crippen molar-refractivity contribution in [1.29, 1.82) is 0 Å². The molecular formula is C15H21NO4. The highest BCUT2D eigenvalue weighted by Crippen LogP contribution is 2.34. The van der Waals surface area contributed by atoms with Crippen LogP contribution >= 0.6 is 0 Å². The molecular weight excluding hydrogens is 258 g/mol. The minimum Gasteiger partial charge on any atom is -0.493 e. The van der Waals surface area contributed by atoms with E-state index in [1.165, 1.54) is 19.2 Å². The molecule has 1 N–H and O–H groups in total. The highest BCUT2D eigenvalue weighted by molar-refractivity contribution is 5.88. The van der Waals surface area contributed by atoms with E-state index < -0.39 is 5.97 Å². The number of ether oxygens (including phenoxy) is 2. The number of likely N-dealkylation sites (tertiary alicyclic amines) is 1. The van der Waals surface area contributed by atoms with Gasteiger partial charge in [0.05, 0.1) is 12.7 Å². The summed E-state index contributed by atoms with van der Waals surface area (Å²) in [6, 6.07) is 4.70. The highest BCUT2D eigenvalue weighted by atomic mass is 16.5. The fourth-order valence-electron chi connectivity index (χ4n) is 2.69. The molecule has 1 saturated heterocycles. The third kappa shape index (κ3) is 3.22. The minimum atomic E-state index is -0.974. The van der Waals surface area contributed by atoms with Crippen molar-refractivity contribution in [2.24, 2.45) is 0 Å². The molecule has 0 aromatic heterocycles. The van der Waals surface area contributed by atoms with Crippen LogP contribution < -0.4 is 9.47 Å².